The van der Waals surface area contributed by atoms with E-state index in [1.165, 1.54) is 4.90 Å². The molecule has 1 amide bonds. The fourth-order valence-electron chi connectivity index (χ4n) is 2.20. The van der Waals surface area contributed by atoms with Crippen molar-refractivity contribution in [3.8, 4) is 0 Å². The third-order valence-corrected chi connectivity index (χ3v) is 4.46. The van der Waals surface area contributed by atoms with Crippen molar-refractivity contribution in [3.63, 3.8) is 0 Å². The first-order valence-corrected chi connectivity index (χ1v) is 7.33. The highest BCUT2D eigenvalue weighted by atomic mass is 32.2. The van der Waals surface area contributed by atoms with E-state index >= 15 is 0 Å². The molecule has 19 heavy (non-hydrogen) atoms. The lowest BCUT2D eigenvalue weighted by Gasteiger charge is -2.09. The van der Waals surface area contributed by atoms with E-state index in [9.17, 15) is 4.79 Å². The summed E-state index contributed by atoms with van der Waals surface area (Å²) in [6, 6.07) is 9.96. The fourth-order valence-corrected chi connectivity index (χ4v) is 3.43. The minimum absolute atomic E-state index is 0.0200. The number of H-pyrrole nitrogens is 1. The van der Waals surface area contributed by atoms with Crippen LogP contribution < -0.4 is 5.32 Å². The lowest BCUT2D eigenvalue weighted by Crippen LogP contribution is -2.21. The average molecular weight is 273 g/mol. The van der Waals surface area contributed by atoms with Gasteiger partial charge in [-0.05, 0) is 18.1 Å². The van der Waals surface area contributed by atoms with E-state index in [4.69, 9.17) is 0 Å². The average Bonchev–Trinajstić information content (AvgIpc) is 3.04. The number of carbonyl (C=O) groups is 1. The maximum absolute atomic E-state index is 12.3. The quantitative estimate of drug-likeness (QED) is 0.904. The molecule has 1 aliphatic heterocycles. The predicted molar refractivity (Wildman–Crippen MR) is 76.5 cm³/mol. The second-order valence-electron chi connectivity index (χ2n) is 4.52. The van der Waals surface area contributed by atoms with Crippen LogP contribution in [0.5, 0.6) is 0 Å². The molecule has 5 heteroatoms. The summed E-state index contributed by atoms with van der Waals surface area (Å²) in [7, 11) is 0. The maximum atomic E-state index is 12.3. The summed E-state index contributed by atoms with van der Waals surface area (Å²) in [5.74, 6) is 1.35. The molecule has 0 radical (unpaired) electrons. The smallest absolute Gasteiger partial charge is 0.234 e. The highest BCUT2D eigenvalue weighted by Crippen LogP contribution is 2.39. The van der Waals surface area contributed by atoms with Gasteiger partial charge in [-0.15, -0.1) is 11.8 Å². The van der Waals surface area contributed by atoms with Crippen LogP contribution in [0, 0.1) is 0 Å². The molecule has 0 aliphatic carbocycles. The van der Waals surface area contributed by atoms with Crippen LogP contribution in [0.1, 0.15) is 24.1 Å². The summed E-state index contributed by atoms with van der Waals surface area (Å²) in [5, 5.41) is 9.88. The third kappa shape index (κ3) is 2.38. The van der Waals surface area contributed by atoms with Crippen molar-refractivity contribution < 1.29 is 4.79 Å². The molecule has 3 rings (SSSR count). The van der Waals surface area contributed by atoms with Gasteiger partial charge in [0.05, 0.1) is 5.92 Å². The van der Waals surface area contributed by atoms with E-state index in [1.54, 1.807) is 11.8 Å². The molecule has 0 fully saturated rings. The van der Waals surface area contributed by atoms with Gasteiger partial charge in [-0.2, -0.15) is 5.10 Å². The van der Waals surface area contributed by atoms with Crippen molar-refractivity contribution in [2.24, 2.45) is 0 Å². The molecule has 1 aromatic heterocycles. The van der Waals surface area contributed by atoms with Gasteiger partial charge in [0.15, 0.2) is 5.82 Å². The Balaban J connectivity index is 1.75. The van der Waals surface area contributed by atoms with Gasteiger partial charge in [0.2, 0.25) is 5.91 Å². The summed E-state index contributed by atoms with van der Waals surface area (Å²) in [5.41, 5.74) is 2.15. The number of fused-ring (bicyclic) bond motifs is 1. The summed E-state index contributed by atoms with van der Waals surface area (Å²) in [6.07, 6.45) is 0.880. The van der Waals surface area contributed by atoms with Gasteiger partial charge >= 0.3 is 0 Å². The zero-order valence-corrected chi connectivity index (χ0v) is 11.5. The summed E-state index contributed by atoms with van der Waals surface area (Å²) < 4.78 is 0. The number of nitrogens with one attached hydrogen (secondary N) is 2. The number of aryl methyl sites for hydroxylation is 1. The maximum Gasteiger partial charge on any atom is 0.234 e. The number of nitrogens with zero attached hydrogens (tertiary/aromatic N) is 1. The Labute approximate surface area is 116 Å². The van der Waals surface area contributed by atoms with Crippen LogP contribution in [-0.4, -0.2) is 21.9 Å². The molecule has 1 atom stereocenters. The largest absolute Gasteiger partial charge is 0.309 e. The Morgan fingerprint density at radius 2 is 2.37 bits per heavy atom. The molecule has 0 saturated heterocycles. The number of benzene rings is 1. The Kier molecular flexibility index (Phi) is 3.29. The second-order valence-corrected chi connectivity index (χ2v) is 5.58. The van der Waals surface area contributed by atoms with Crippen LogP contribution in [-0.2, 0) is 11.2 Å². The molecule has 4 nitrogen and oxygen atoms in total. The molecule has 2 N–H and O–H groups in total. The number of hydrogen-bond acceptors (Lipinski definition) is 3. The fraction of sp³-hybridized carbons (Fsp3) is 0.286. The molecular formula is C14H15N3OS. The Morgan fingerprint density at radius 1 is 1.53 bits per heavy atom. The summed E-state index contributed by atoms with van der Waals surface area (Å²) >= 11 is 1.74. The van der Waals surface area contributed by atoms with E-state index < -0.39 is 0 Å². The highest BCUT2D eigenvalue weighted by molar-refractivity contribution is 7.99. The van der Waals surface area contributed by atoms with Gasteiger partial charge in [0, 0.05) is 22.4 Å². The first-order valence-electron chi connectivity index (χ1n) is 6.35. The predicted octanol–water partition coefficient (Wildman–Crippen LogP) is 2.80. The van der Waals surface area contributed by atoms with E-state index in [-0.39, 0.29) is 11.8 Å². The standard InChI is InChI=1S/C14H15N3OS/c1-2-9-7-13(17-16-9)15-14(18)11-8-19-12-6-4-3-5-10(11)12/h3-7,11H,2,8H2,1H3,(H2,15,16,17,18). The zero-order valence-electron chi connectivity index (χ0n) is 10.6. The number of aromatic amines is 1. The summed E-state index contributed by atoms with van der Waals surface area (Å²) in [6.45, 7) is 2.04. The summed E-state index contributed by atoms with van der Waals surface area (Å²) in [4.78, 5) is 13.5. The number of amides is 1. The molecule has 2 aromatic rings. The van der Waals surface area contributed by atoms with Crippen molar-refractivity contribution in [2.75, 3.05) is 11.1 Å². The van der Waals surface area contributed by atoms with Gasteiger partial charge in [-0.1, -0.05) is 25.1 Å². The molecule has 0 spiro atoms. The molecule has 1 aromatic carbocycles. The molecule has 1 unspecified atom stereocenters. The normalized spacial score (nSPS) is 17.2. The van der Waals surface area contributed by atoms with Gasteiger partial charge in [0.1, 0.15) is 0 Å². The van der Waals surface area contributed by atoms with E-state index in [2.05, 4.69) is 21.6 Å². The van der Waals surface area contributed by atoms with E-state index in [0.29, 0.717) is 5.82 Å². The second kappa shape index (κ2) is 5.09. The van der Waals surface area contributed by atoms with Crippen molar-refractivity contribution in [3.05, 3.63) is 41.6 Å². The minimum Gasteiger partial charge on any atom is -0.309 e. The molecule has 98 valence electrons. The van der Waals surface area contributed by atoms with Crippen molar-refractivity contribution in [1.82, 2.24) is 10.2 Å². The van der Waals surface area contributed by atoms with Crippen LogP contribution in [0.3, 0.4) is 0 Å². The number of thioether (sulfide) groups is 1. The number of carbonyl (C=O) groups excluding carboxylic acids is 1. The third-order valence-electron chi connectivity index (χ3n) is 3.28. The number of aromatic nitrogens is 2. The van der Waals surface area contributed by atoms with Crippen molar-refractivity contribution >= 4 is 23.5 Å². The van der Waals surface area contributed by atoms with Crippen LogP contribution >= 0.6 is 11.8 Å². The van der Waals surface area contributed by atoms with E-state index in [1.807, 2.05) is 31.2 Å². The Hall–Kier alpha value is -1.75. The molecular weight excluding hydrogens is 258 g/mol. The van der Waals surface area contributed by atoms with Gasteiger partial charge in [-0.3, -0.25) is 9.89 Å². The topological polar surface area (TPSA) is 57.8 Å². The van der Waals surface area contributed by atoms with Crippen LogP contribution in [0.15, 0.2) is 35.2 Å². The zero-order chi connectivity index (χ0) is 13.2. The van der Waals surface area contributed by atoms with Gasteiger partial charge < -0.3 is 5.32 Å². The first-order chi connectivity index (χ1) is 9.28. The van der Waals surface area contributed by atoms with Crippen molar-refractivity contribution in [1.29, 1.82) is 0 Å². The highest BCUT2D eigenvalue weighted by Gasteiger charge is 2.29. The number of hydrogen-bond donors (Lipinski definition) is 2. The van der Waals surface area contributed by atoms with Crippen LogP contribution in [0.4, 0.5) is 5.82 Å². The van der Waals surface area contributed by atoms with Crippen LogP contribution in [0.2, 0.25) is 0 Å². The number of rotatable bonds is 3. The molecule has 1 aliphatic rings. The van der Waals surface area contributed by atoms with Crippen molar-refractivity contribution in [2.45, 2.75) is 24.2 Å². The minimum atomic E-state index is -0.0806. The molecule has 2 heterocycles. The van der Waals surface area contributed by atoms with E-state index in [0.717, 1.165) is 23.4 Å². The van der Waals surface area contributed by atoms with Crippen LogP contribution in [0.25, 0.3) is 0 Å². The lowest BCUT2D eigenvalue weighted by atomic mass is 10.0. The first kappa shape index (κ1) is 12.3. The van der Waals surface area contributed by atoms with Gasteiger partial charge in [-0.25, -0.2) is 0 Å². The monoisotopic (exact) mass is 273 g/mol. The Morgan fingerprint density at radius 3 is 3.16 bits per heavy atom. The SMILES string of the molecule is CCc1cc(NC(=O)C2CSc3ccccc32)n[nH]1. The Bertz CT molecular complexity index is 608. The van der Waals surface area contributed by atoms with Gasteiger partial charge in [0.25, 0.3) is 0 Å². The molecule has 0 saturated carbocycles. The lowest BCUT2D eigenvalue weighted by molar-refractivity contribution is -0.117. The number of anilines is 1. The molecule has 0 bridgehead atoms.